The molecular formula is C21H18F2N2O3. The number of benzene rings is 2. The Morgan fingerprint density at radius 3 is 2.64 bits per heavy atom. The molecule has 0 heterocycles. The Morgan fingerprint density at radius 1 is 1.25 bits per heavy atom. The summed E-state index contributed by atoms with van der Waals surface area (Å²) in [5.41, 5.74) is 0.930. The number of nitriles is 1. The predicted molar refractivity (Wildman–Crippen MR) is 98.2 cm³/mol. The Kier molecular flexibility index (Phi) is 5.69. The summed E-state index contributed by atoms with van der Waals surface area (Å²) >= 11 is 0. The van der Waals surface area contributed by atoms with Crippen LogP contribution in [-0.2, 0) is 4.79 Å². The standard InChI is InChI=1S/C21H18F2N2O3/c1-13-11-17(26)21-18(8-7-16(23)20(13)21)28-12-19(27)25(10-2-9-24)15-5-3-14(22)4-6-15/h3-8,13H,2,10-12H2,1H3/t13-/m0/s1. The van der Waals surface area contributed by atoms with E-state index in [1.165, 1.54) is 41.3 Å². The summed E-state index contributed by atoms with van der Waals surface area (Å²) in [6, 6.07) is 9.84. The maximum Gasteiger partial charge on any atom is 0.264 e. The Labute approximate surface area is 161 Å². The average molecular weight is 384 g/mol. The highest BCUT2D eigenvalue weighted by Crippen LogP contribution is 2.39. The molecule has 0 fully saturated rings. The van der Waals surface area contributed by atoms with Crippen LogP contribution in [0.3, 0.4) is 0 Å². The van der Waals surface area contributed by atoms with E-state index < -0.39 is 24.1 Å². The van der Waals surface area contributed by atoms with Gasteiger partial charge in [-0.05, 0) is 42.3 Å². The first kappa shape index (κ1) is 19.5. The summed E-state index contributed by atoms with van der Waals surface area (Å²) in [4.78, 5) is 26.2. The molecule has 144 valence electrons. The third-order valence-corrected chi connectivity index (χ3v) is 4.66. The molecule has 28 heavy (non-hydrogen) atoms. The van der Waals surface area contributed by atoms with Crippen LogP contribution in [0.4, 0.5) is 14.5 Å². The molecule has 2 aromatic carbocycles. The van der Waals surface area contributed by atoms with E-state index in [0.717, 1.165) is 0 Å². The highest BCUT2D eigenvalue weighted by molar-refractivity contribution is 6.04. The molecule has 5 nitrogen and oxygen atoms in total. The molecule has 2 aromatic rings. The van der Waals surface area contributed by atoms with Gasteiger partial charge in [-0.1, -0.05) is 6.92 Å². The van der Waals surface area contributed by atoms with Crippen LogP contribution in [0.2, 0.25) is 0 Å². The number of fused-ring (bicyclic) bond motifs is 1. The Balaban J connectivity index is 1.79. The van der Waals surface area contributed by atoms with Gasteiger partial charge in [0.15, 0.2) is 12.4 Å². The molecular weight excluding hydrogens is 366 g/mol. The molecule has 0 bridgehead atoms. The second kappa shape index (κ2) is 8.17. The summed E-state index contributed by atoms with van der Waals surface area (Å²) in [6.45, 7) is 1.48. The third kappa shape index (κ3) is 3.86. The zero-order chi connectivity index (χ0) is 20.3. The van der Waals surface area contributed by atoms with Gasteiger partial charge in [-0.3, -0.25) is 9.59 Å². The van der Waals surface area contributed by atoms with Crippen molar-refractivity contribution in [1.29, 1.82) is 5.26 Å². The predicted octanol–water partition coefficient (Wildman–Crippen LogP) is 3.98. The fraction of sp³-hybridized carbons (Fsp3) is 0.286. The largest absolute Gasteiger partial charge is 0.483 e. The number of nitrogens with zero attached hydrogens (tertiary/aromatic N) is 2. The molecule has 1 aliphatic carbocycles. The van der Waals surface area contributed by atoms with E-state index in [2.05, 4.69) is 0 Å². The molecule has 1 amide bonds. The van der Waals surface area contributed by atoms with Crippen LogP contribution in [0.1, 0.15) is 41.6 Å². The average Bonchev–Trinajstić information content (AvgIpc) is 2.98. The Morgan fingerprint density at radius 2 is 1.96 bits per heavy atom. The van der Waals surface area contributed by atoms with Gasteiger partial charge in [0.1, 0.15) is 17.4 Å². The van der Waals surface area contributed by atoms with Crippen LogP contribution in [0.15, 0.2) is 36.4 Å². The SMILES string of the molecule is C[C@H]1CC(=O)c2c(OCC(=O)N(CCC#N)c3ccc(F)cc3)ccc(F)c21. The van der Waals surface area contributed by atoms with Crippen molar-refractivity contribution in [2.24, 2.45) is 0 Å². The molecule has 1 atom stereocenters. The van der Waals surface area contributed by atoms with Crippen LogP contribution < -0.4 is 9.64 Å². The molecule has 7 heteroatoms. The van der Waals surface area contributed by atoms with Crippen LogP contribution in [-0.4, -0.2) is 24.8 Å². The van der Waals surface area contributed by atoms with Gasteiger partial charge in [0.25, 0.3) is 5.91 Å². The topological polar surface area (TPSA) is 70.4 Å². The van der Waals surface area contributed by atoms with Crippen molar-refractivity contribution >= 4 is 17.4 Å². The molecule has 1 aliphatic rings. The van der Waals surface area contributed by atoms with E-state index in [0.29, 0.717) is 11.3 Å². The Bertz CT molecular complexity index is 951. The normalized spacial score (nSPS) is 15.1. The van der Waals surface area contributed by atoms with Gasteiger partial charge in [-0.25, -0.2) is 8.78 Å². The van der Waals surface area contributed by atoms with Crippen molar-refractivity contribution in [1.82, 2.24) is 0 Å². The van der Waals surface area contributed by atoms with E-state index in [1.807, 2.05) is 6.07 Å². The number of amides is 1. The minimum Gasteiger partial charge on any atom is -0.483 e. The molecule has 0 unspecified atom stereocenters. The number of halogens is 2. The number of ketones is 1. The minimum absolute atomic E-state index is 0.0884. The first-order chi connectivity index (χ1) is 13.4. The van der Waals surface area contributed by atoms with Crippen molar-refractivity contribution in [3.63, 3.8) is 0 Å². The Hall–Kier alpha value is -3.27. The monoisotopic (exact) mass is 384 g/mol. The van der Waals surface area contributed by atoms with Crippen LogP contribution in [0.5, 0.6) is 5.75 Å². The van der Waals surface area contributed by atoms with E-state index in [9.17, 15) is 18.4 Å². The molecule has 0 aromatic heterocycles. The molecule has 0 saturated heterocycles. The summed E-state index contributed by atoms with van der Waals surface area (Å²) in [5.74, 6) is -1.66. The number of hydrogen-bond acceptors (Lipinski definition) is 4. The first-order valence-corrected chi connectivity index (χ1v) is 8.83. The van der Waals surface area contributed by atoms with Crippen LogP contribution >= 0.6 is 0 Å². The van der Waals surface area contributed by atoms with Crippen LogP contribution in [0, 0.1) is 23.0 Å². The lowest BCUT2D eigenvalue weighted by atomic mass is 10.0. The van der Waals surface area contributed by atoms with Crippen molar-refractivity contribution < 1.29 is 23.1 Å². The number of rotatable bonds is 6. The molecule has 0 N–H and O–H groups in total. The fourth-order valence-electron chi connectivity index (χ4n) is 3.34. The number of carbonyl (C=O) groups excluding carboxylic acids is 2. The van der Waals surface area contributed by atoms with Gasteiger partial charge in [0.2, 0.25) is 0 Å². The zero-order valence-corrected chi connectivity index (χ0v) is 15.2. The molecule has 0 aliphatic heterocycles. The summed E-state index contributed by atoms with van der Waals surface area (Å²) < 4.78 is 32.8. The quantitative estimate of drug-likeness (QED) is 0.755. The first-order valence-electron chi connectivity index (χ1n) is 8.83. The molecule has 0 saturated carbocycles. The summed E-state index contributed by atoms with van der Waals surface area (Å²) in [5, 5.41) is 8.83. The third-order valence-electron chi connectivity index (χ3n) is 4.66. The van der Waals surface area contributed by atoms with Crippen molar-refractivity contribution in [3.05, 3.63) is 59.2 Å². The lowest BCUT2D eigenvalue weighted by Gasteiger charge is -2.22. The van der Waals surface area contributed by atoms with Gasteiger partial charge in [-0.2, -0.15) is 5.26 Å². The fourth-order valence-corrected chi connectivity index (χ4v) is 3.34. The van der Waals surface area contributed by atoms with E-state index >= 15 is 0 Å². The molecule has 0 spiro atoms. The number of anilines is 1. The highest BCUT2D eigenvalue weighted by atomic mass is 19.1. The maximum absolute atomic E-state index is 14.1. The minimum atomic E-state index is -0.464. The number of Topliss-reactive ketones (excluding diaryl/α,β-unsaturated/α-hetero) is 1. The van der Waals surface area contributed by atoms with Crippen molar-refractivity contribution in [2.75, 3.05) is 18.1 Å². The van der Waals surface area contributed by atoms with Crippen molar-refractivity contribution in [3.8, 4) is 11.8 Å². The second-order valence-corrected chi connectivity index (χ2v) is 6.58. The van der Waals surface area contributed by atoms with Gasteiger partial charge < -0.3 is 9.64 Å². The lowest BCUT2D eigenvalue weighted by molar-refractivity contribution is -0.120. The number of ether oxygens (including phenoxy) is 1. The van der Waals surface area contributed by atoms with E-state index in [4.69, 9.17) is 10.00 Å². The summed E-state index contributed by atoms with van der Waals surface area (Å²) in [7, 11) is 0. The van der Waals surface area contributed by atoms with E-state index in [-0.39, 0.29) is 42.4 Å². The zero-order valence-electron chi connectivity index (χ0n) is 15.2. The number of carbonyl (C=O) groups is 2. The van der Waals surface area contributed by atoms with Gasteiger partial charge in [0.05, 0.1) is 18.1 Å². The van der Waals surface area contributed by atoms with Gasteiger partial charge in [0, 0.05) is 24.2 Å². The molecule has 3 rings (SSSR count). The summed E-state index contributed by atoms with van der Waals surface area (Å²) in [6.07, 6.45) is 0.287. The van der Waals surface area contributed by atoms with Crippen LogP contribution in [0.25, 0.3) is 0 Å². The lowest BCUT2D eigenvalue weighted by Crippen LogP contribution is -2.35. The van der Waals surface area contributed by atoms with Gasteiger partial charge >= 0.3 is 0 Å². The maximum atomic E-state index is 14.1. The highest BCUT2D eigenvalue weighted by Gasteiger charge is 2.32. The van der Waals surface area contributed by atoms with Gasteiger partial charge in [-0.15, -0.1) is 0 Å². The van der Waals surface area contributed by atoms with E-state index in [1.54, 1.807) is 6.92 Å². The second-order valence-electron chi connectivity index (χ2n) is 6.58. The smallest absolute Gasteiger partial charge is 0.264 e. The molecule has 0 radical (unpaired) electrons. The number of hydrogen-bond donors (Lipinski definition) is 0. The van der Waals surface area contributed by atoms with Crippen molar-refractivity contribution in [2.45, 2.75) is 25.7 Å².